The van der Waals surface area contributed by atoms with Crippen LogP contribution in [-0.4, -0.2) is 37.2 Å². The number of unbranched alkanes of at least 4 members (excludes halogenated alkanes) is 17. The molecule has 6 nitrogen and oxygen atoms in total. The Kier molecular flexibility index (Phi) is 54.5. The van der Waals surface area contributed by atoms with Crippen molar-refractivity contribution < 1.29 is 28.6 Å². The zero-order valence-electron chi connectivity index (χ0n) is 45.7. The fraction of sp³-hybridized carbons (Fsp3) is 0.615. The van der Waals surface area contributed by atoms with E-state index in [0.29, 0.717) is 19.3 Å². The summed E-state index contributed by atoms with van der Waals surface area (Å²) in [4.78, 5) is 38.0. The molecule has 0 aliphatic carbocycles. The van der Waals surface area contributed by atoms with E-state index < -0.39 is 12.1 Å². The zero-order chi connectivity index (χ0) is 51.4. The Bertz CT molecular complexity index is 1550. The van der Waals surface area contributed by atoms with Gasteiger partial charge in [-0.3, -0.25) is 14.4 Å². The summed E-state index contributed by atoms with van der Waals surface area (Å²) in [6, 6.07) is 0. The van der Waals surface area contributed by atoms with Crippen molar-refractivity contribution in [3.05, 3.63) is 134 Å². The normalized spacial score (nSPS) is 13.1. The van der Waals surface area contributed by atoms with Crippen LogP contribution in [0.3, 0.4) is 0 Å². The van der Waals surface area contributed by atoms with Crippen LogP contribution in [0, 0.1) is 0 Å². The van der Waals surface area contributed by atoms with Gasteiger partial charge >= 0.3 is 17.9 Å². The van der Waals surface area contributed by atoms with Crippen LogP contribution in [0.25, 0.3) is 0 Å². The second kappa shape index (κ2) is 58.1. The number of rotatable bonds is 50. The molecule has 0 aromatic carbocycles. The largest absolute Gasteiger partial charge is 0.462 e. The van der Waals surface area contributed by atoms with Crippen molar-refractivity contribution in [1.82, 2.24) is 0 Å². The third-order valence-electron chi connectivity index (χ3n) is 11.6. The van der Waals surface area contributed by atoms with Gasteiger partial charge in [0.25, 0.3) is 0 Å². The Morgan fingerprint density at radius 2 is 0.577 bits per heavy atom. The maximum absolute atomic E-state index is 12.8. The maximum Gasteiger partial charge on any atom is 0.306 e. The van der Waals surface area contributed by atoms with Crippen molar-refractivity contribution >= 4 is 17.9 Å². The maximum atomic E-state index is 12.8. The number of allylic oxidation sites excluding steroid dienone is 22. The van der Waals surface area contributed by atoms with E-state index >= 15 is 0 Å². The van der Waals surface area contributed by atoms with Crippen molar-refractivity contribution in [3.63, 3.8) is 0 Å². The van der Waals surface area contributed by atoms with Gasteiger partial charge in [-0.25, -0.2) is 0 Å². The number of hydrogen-bond acceptors (Lipinski definition) is 6. The van der Waals surface area contributed by atoms with E-state index in [9.17, 15) is 14.4 Å². The molecule has 400 valence electrons. The first-order valence-corrected chi connectivity index (χ1v) is 28.7. The van der Waals surface area contributed by atoms with Gasteiger partial charge in [-0.05, 0) is 116 Å². The monoisotopic (exact) mass is 981 g/mol. The van der Waals surface area contributed by atoms with Crippen molar-refractivity contribution in [3.8, 4) is 0 Å². The molecular weight excluding hydrogens is 877 g/mol. The summed E-state index contributed by atoms with van der Waals surface area (Å²) in [5, 5.41) is 0. The third-order valence-corrected chi connectivity index (χ3v) is 11.6. The van der Waals surface area contributed by atoms with Crippen LogP contribution in [-0.2, 0) is 28.6 Å². The molecule has 6 heteroatoms. The first-order chi connectivity index (χ1) is 35.0. The molecular formula is C65H104O6. The highest BCUT2D eigenvalue weighted by Gasteiger charge is 2.19. The smallest absolute Gasteiger partial charge is 0.306 e. The fourth-order valence-corrected chi connectivity index (χ4v) is 7.40. The lowest BCUT2D eigenvalue weighted by Gasteiger charge is -2.18. The minimum atomic E-state index is -0.827. The highest BCUT2D eigenvalue weighted by molar-refractivity contribution is 5.71. The lowest BCUT2D eigenvalue weighted by Crippen LogP contribution is -2.30. The van der Waals surface area contributed by atoms with E-state index in [1.807, 2.05) is 12.2 Å². The lowest BCUT2D eigenvalue weighted by molar-refractivity contribution is -0.166. The predicted molar refractivity (Wildman–Crippen MR) is 306 cm³/mol. The molecule has 0 aromatic heterocycles. The van der Waals surface area contributed by atoms with Gasteiger partial charge in [-0.2, -0.15) is 0 Å². The molecule has 1 unspecified atom stereocenters. The number of ether oxygens (including phenoxy) is 3. The summed E-state index contributed by atoms with van der Waals surface area (Å²) in [7, 11) is 0. The van der Waals surface area contributed by atoms with E-state index in [1.165, 1.54) is 64.2 Å². The summed E-state index contributed by atoms with van der Waals surface area (Å²) in [6.45, 7) is 6.26. The molecule has 0 aromatic rings. The Balaban J connectivity index is 4.34. The molecule has 0 N–H and O–H groups in total. The molecule has 0 radical (unpaired) electrons. The summed E-state index contributed by atoms with van der Waals surface area (Å²) in [5.74, 6) is -1.02. The van der Waals surface area contributed by atoms with Crippen molar-refractivity contribution in [1.29, 1.82) is 0 Å². The fourth-order valence-electron chi connectivity index (χ4n) is 7.40. The molecule has 0 aliphatic heterocycles. The molecule has 0 amide bonds. The average Bonchev–Trinajstić information content (AvgIpc) is 3.37. The SMILES string of the molecule is CC/C=C\C/C=C\C/C=C\C/C=C\C/C=C\CCCCCCCCCCCCCC(=O)OCC(COC(=O)CCCCCCC/C=C\C/C=C\CCC)OC(=O)CC/C=C\C/C=C\C/C=C\C/C=C\CC. The lowest BCUT2D eigenvalue weighted by atomic mass is 10.0. The molecule has 0 heterocycles. The van der Waals surface area contributed by atoms with Gasteiger partial charge in [0.05, 0.1) is 0 Å². The predicted octanol–water partition coefficient (Wildman–Crippen LogP) is 19.4. The Labute approximate surface area is 436 Å². The van der Waals surface area contributed by atoms with Crippen molar-refractivity contribution in [2.45, 2.75) is 245 Å². The van der Waals surface area contributed by atoms with Gasteiger partial charge in [-0.15, -0.1) is 0 Å². The van der Waals surface area contributed by atoms with Gasteiger partial charge in [0, 0.05) is 19.3 Å². The molecule has 0 saturated carbocycles. The highest BCUT2D eigenvalue weighted by atomic mass is 16.6. The molecule has 71 heavy (non-hydrogen) atoms. The molecule has 0 bridgehead atoms. The van der Waals surface area contributed by atoms with Crippen LogP contribution >= 0.6 is 0 Å². The van der Waals surface area contributed by atoms with Crippen LogP contribution in [0.4, 0.5) is 0 Å². The summed E-state index contributed by atoms with van der Waals surface area (Å²) >= 11 is 0. The Morgan fingerprint density at radius 3 is 0.915 bits per heavy atom. The van der Waals surface area contributed by atoms with E-state index in [1.54, 1.807) is 0 Å². The molecule has 0 rings (SSSR count). The minimum Gasteiger partial charge on any atom is -0.462 e. The summed E-state index contributed by atoms with van der Waals surface area (Å²) in [6.07, 6.45) is 81.8. The second-order valence-corrected chi connectivity index (χ2v) is 18.4. The van der Waals surface area contributed by atoms with Crippen LogP contribution < -0.4 is 0 Å². The van der Waals surface area contributed by atoms with Gasteiger partial charge in [0.15, 0.2) is 6.10 Å². The topological polar surface area (TPSA) is 78.9 Å². The summed E-state index contributed by atoms with van der Waals surface area (Å²) < 4.78 is 16.7. The third kappa shape index (κ3) is 56.3. The van der Waals surface area contributed by atoms with E-state index in [0.717, 1.165) is 128 Å². The van der Waals surface area contributed by atoms with E-state index in [2.05, 4.69) is 142 Å². The standard InChI is InChI=1S/C65H104O6/c1-4-7-10-13-16-19-22-25-26-27-28-29-30-31-32-33-34-35-36-37-38-41-43-46-49-52-55-58-64(67)70-61-62(71-65(68)59-56-53-50-47-44-40-24-21-18-15-12-9-6-3)60-69-63(66)57-54-51-48-45-42-39-23-20-17-14-11-8-5-2/h7,9-12,14,16,18-21,23,25-26,28-29,31-32,40,44,50,53,62H,4-6,8,13,15,17,22,24,27,30,33-39,41-43,45-49,51-52,54-61H2,1-3H3/b10-7-,12-9-,14-11-,19-16-,21-18-,23-20-,26-25-,29-28-,32-31-,44-40-,53-50-. The van der Waals surface area contributed by atoms with Crippen LogP contribution in [0.5, 0.6) is 0 Å². The van der Waals surface area contributed by atoms with Gasteiger partial charge in [-0.1, -0.05) is 238 Å². The average molecular weight is 982 g/mol. The first kappa shape index (κ1) is 66.6. The number of carbonyl (C=O) groups is 3. The van der Waals surface area contributed by atoms with Gasteiger partial charge in [0.1, 0.15) is 13.2 Å². The Hall–Kier alpha value is -4.45. The van der Waals surface area contributed by atoms with Crippen LogP contribution in [0.2, 0.25) is 0 Å². The molecule has 0 saturated heterocycles. The van der Waals surface area contributed by atoms with Crippen LogP contribution in [0.1, 0.15) is 239 Å². The zero-order valence-corrected chi connectivity index (χ0v) is 45.7. The second-order valence-electron chi connectivity index (χ2n) is 18.4. The van der Waals surface area contributed by atoms with E-state index in [-0.39, 0.29) is 31.6 Å². The van der Waals surface area contributed by atoms with Gasteiger partial charge < -0.3 is 14.2 Å². The number of carbonyl (C=O) groups excluding carboxylic acids is 3. The highest BCUT2D eigenvalue weighted by Crippen LogP contribution is 2.14. The summed E-state index contributed by atoms with van der Waals surface area (Å²) in [5.41, 5.74) is 0. The Morgan fingerprint density at radius 1 is 0.296 bits per heavy atom. The van der Waals surface area contributed by atoms with E-state index in [4.69, 9.17) is 14.2 Å². The molecule has 1 atom stereocenters. The molecule has 0 aliphatic rings. The number of esters is 3. The molecule has 0 spiro atoms. The first-order valence-electron chi connectivity index (χ1n) is 28.7. The van der Waals surface area contributed by atoms with Crippen molar-refractivity contribution in [2.24, 2.45) is 0 Å². The quantitative estimate of drug-likeness (QED) is 0.0262. The minimum absolute atomic E-state index is 0.116. The van der Waals surface area contributed by atoms with Gasteiger partial charge in [0.2, 0.25) is 0 Å². The number of hydrogen-bond donors (Lipinski definition) is 0. The van der Waals surface area contributed by atoms with Crippen LogP contribution in [0.15, 0.2) is 134 Å². The molecule has 0 fully saturated rings. The van der Waals surface area contributed by atoms with Crippen molar-refractivity contribution in [2.75, 3.05) is 13.2 Å².